The van der Waals surface area contributed by atoms with Crippen molar-refractivity contribution in [3.63, 3.8) is 0 Å². The molecule has 0 heterocycles. The molecule has 4 aromatic rings. The van der Waals surface area contributed by atoms with E-state index >= 15 is 0 Å². The van der Waals surface area contributed by atoms with Crippen LogP contribution in [0.4, 0.5) is 21.0 Å². The van der Waals surface area contributed by atoms with Gasteiger partial charge in [0.2, 0.25) is 0 Å². The summed E-state index contributed by atoms with van der Waals surface area (Å²) < 4.78 is 18.4. The Labute approximate surface area is 362 Å². The summed E-state index contributed by atoms with van der Waals surface area (Å²) in [6.45, 7) is 2.54. The second-order valence-corrected chi connectivity index (χ2v) is 11.8. The molecule has 14 nitrogen and oxygen atoms in total. The molecule has 308 valence electrons. The maximum absolute atomic E-state index is 10.6. The van der Waals surface area contributed by atoms with Gasteiger partial charge in [-0.05, 0) is 36.4 Å². The molecule has 0 aliphatic carbocycles. The maximum Gasteiger partial charge on any atom is 0.409 e. The first-order chi connectivity index (χ1) is 24.2. The van der Waals surface area contributed by atoms with E-state index in [1.165, 1.54) is 86.6 Å². The smallest absolute Gasteiger partial charge is 0.409 e. The molecule has 4 aromatic carbocycles. The minimum Gasteiger partial charge on any atom is -0.427 e. The molecule has 0 radical (unpaired) electrons. The lowest BCUT2D eigenvalue weighted by molar-refractivity contribution is -0.385. The Morgan fingerprint density at radius 1 is 0.464 bits per heavy atom. The Morgan fingerprint density at radius 2 is 0.750 bits per heavy atom. The van der Waals surface area contributed by atoms with Crippen LogP contribution in [0.5, 0.6) is 23.0 Å². The van der Waals surface area contributed by atoms with Gasteiger partial charge in [0.15, 0.2) is 11.5 Å². The molecule has 22 heteroatoms. The highest BCUT2D eigenvalue weighted by Crippen LogP contribution is 2.35. The minimum atomic E-state index is -0.986. The van der Waals surface area contributed by atoms with Gasteiger partial charge in [-0.3, -0.25) is 29.8 Å². The third-order valence-electron chi connectivity index (χ3n) is 4.95. The van der Waals surface area contributed by atoms with Crippen LogP contribution in [0, 0.1) is 20.2 Å². The molecule has 0 spiro atoms. The van der Waals surface area contributed by atoms with Crippen molar-refractivity contribution >= 4 is 127 Å². The molecule has 0 aliphatic rings. The molecule has 0 aromatic heterocycles. The van der Waals surface area contributed by atoms with Gasteiger partial charge in [-0.2, -0.15) is 0 Å². The van der Waals surface area contributed by atoms with E-state index in [0.717, 1.165) is 0 Å². The lowest BCUT2D eigenvalue weighted by Crippen LogP contribution is -2.01. The van der Waals surface area contributed by atoms with Crippen LogP contribution in [-0.4, -0.2) is 32.6 Å². The van der Waals surface area contributed by atoms with Crippen molar-refractivity contribution in [2.24, 2.45) is 0 Å². The van der Waals surface area contributed by atoms with Crippen molar-refractivity contribution in [2.75, 3.05) is 0 Å². The molecular formula is C34H34Cl8N2O12. The van der Waals surface area contributed by atoms with Crippen LogP contribution < -0.4 is 18.9 Å². The molecule has 0 unspecified atom stereocenters. The number of nitro groups is 2. The first-order valence-corrected chi connectivity index (χ1v) is 16.1. The molecule has 0 atom stereocenters. The van der Waals surface area contributed by atoms with Crippen molar-refractivity contribution in [3.8, 4) is 23.0 Å². The van der Waals surface area contributed by atoms with Crippen LogP contribution in [0.1, 0.15) is 43.6 Å². The molecule has 0 amide bonds. The molecule has 0 aliphatic heterocycles. The summed E-state index contributed by atoms with van der Waals surface area (Å²) in [7, 11) is 0. The summed E-state index contributed by atoms with van der Waals surface area (Å²) in [6.07, 6.45) is 0. The highest BCUT2D eigenvalue weighted by atomic mass is 35.5. The van der Waals surface area contributed by atoms with Gasteiger partial charge in [0, 0.05) is 73.4 Å². The van der Waals surface area contributed by atoms with Crippen molar-refractivity contribution < 1.29 is 48.0 Å². The number of carbonyl (C=O) groups excluding carboxylic acids is 4. The first kappa shape index (κ1) is 58.6. The molecule has 0 saturated carbocycles. The van der Waals surface area contributed by atoms with Gasteiger partial charge in [-0.15, -0.1) is 0 Å². The average molecular weight is 946 g/mol. The number of benzene rings is 4. The summed E-state index contributed by atoms with van der Waals surface area (Å²) >= 11 is 43.9. The zero-order valence-corrected chi connectivity index (χ0v) is 31.8. The van der Waals surface area contributed by atoms with E-state index in [-0.39, 0.29) is 78.4 Å². The number of esters is 2. The van der Waals surface area contributed by atoms with Crippen molar-refractivity contribution in [3.05, 3.63) is 123 Å². The fourth-order valence-electron chi connectivity index (χ4n) is 2.94. The van der Waals surface area contributed by atoms with Gasteiger partial charge in [-0.25, -0.2) is 9.59 Å². The number of hydrogen-bond donors (Lipinski definition) is 0. The summed E-state index contributed by atoms with van der Waals surface area (Å²) in [5.74, 6) is -0.141. The number of non-ortho nitro benzene ring substituents is 2. The molecule has 56 heavy (non-hydrogen) atoms. The van der Waals surface area contributed by atoms with E-state index in [4.69, 9.17) is 97.5 Å². The zero-order chi connectivity index (χ0) is 39.7. The Hall–Kier alpha value is -4.12. The molecule has 0 N–H and O–H groups in total. The van der Waals surface area contributed by atoms with Crippen LogP contribution in [-0.2, 0) is 9.59 Å². The van der Waals surface area contributed by atoms with Crippen LogP contribution >= 0.6 is 92.8 Å². The zero-order valence-electron chi connectivity index (χ0n) is 25.7. The number of nitro benzene ring substituents is 2. The number of halogens is 8. The highest BCUT2D eigenvalue weighted by molar-refractivity contribution is 6.61. The van der Waals surface area contributed by atoms with Gasteiger partial charge in [0.05, 0.1) is 40.0 Å². The molecular weight excluding hydrogens is 912 g/mol. The monoisotopic (exact) mass is 942 g/mol. The van der Waals surface area contributed by atoms with Crippen LogP contribution in [0.3, 0.4) is 0 Å². The van der Waals surface area contributed by atoms with Crippen molar-refractivity contribution in [1.82, 2.24) is 0 Å². The van der Waals surface area contributed by atoms with Gasteiger partial charge in [0.25, 0.3) is 11.4 Å². The second-order valence-electron chi connectivity index (χ2n) is 8.76. The summed E-state index contributed by atoms with van der Waals surface area (Å²) in [6, 6.07) is 15.8. The number of hydrogen-bond acceptors (Lipinski definition) is 12. The van der Waals surface area contributed by atoms with E-state index in [1.54, 1.807) is 0 Å². The number of rotatable bonds is 6. The van der Waals surface area contributed by atoms with E-state index in [0.29, 0.717) is 15.8 Å². The van der Waals surface area contributed by atoms with E-state index < -0.39 is 32.6 Å². The molecule has 0 saturated heterocycles. The van der Waals surface area contributed by atoms with Gasteiger partial charge in [0.1, 0.15) is 11.5 Å². The van der Waals surface area contributed by atoms with Crippen LogP contribution in [0.2, 0.25) is 30.1 Å². The molecule has 4 rings (SSSR count). The Morgan fingerprint density at radius 3 is 1.04 bits per heavy atom. The molecule has 0 bridgehead atoms. The van der Waals surface area contributed by atoms with E-state index in [1.807, 2.05) is 0 Å². The predicted octanol–water partition coefficient (Wildman–Crippen LogP) is 14.4. The largest absolute Gasteiger partial charge is 0.427 e. The van der Waals surface area contributed by atoms with Crippen LogP contribution in [0.15, 0.2) is 72.8 Å². The van der Waals surface area contributed by atoms with Crippen LogP contribution in [0.25, 0.3) is 0 Å². The second kappa shape index (κ2) is 29.2. The maximum atomic E-state index is 10.6. The lowest BCUT2D eigenvalue weighted by Gasteiger charge is -2.04. The normalized spacial score (nSPS) is 8.89. The Bertz CT molecular complexity index is 1790. The van der Waals surface area contributed by atoms with E-state index in [2.05, 4.69) is 14.2 Å². The number of nitrogens with zero attached hydrogens (tertiary/aromatic N) is 2. The Kier molecular flexibility index (Phi) is 30.5. The van der Waals surface area contributed by atoms with Gasteiger partial charge < -0.3 is 18.9 Å². The SMILES string of the molecule is C.C.C.C.CC(=O)Oc1cc(Cl)c(Cl)cc1Cl.CC(=O)Oc1ccc([N+](=O)[O-])cc1.O=C(Cl)Oc1cc(Cl)c(Cl)cc1Cl.O=C(Cl)Oc1ccc([N+](=O)[O-])cc1. The topological polar surface area (TPSA) is 191 Å². The number of ether oxygens (including phenoxy) is 4. The third-order valence-corrected chi connectivity index (χ3v) is 7.14. The van der Waals surface area contributed by atoms with Gasteiger partial charge in [-0.1, -0.05) is 99.3 Å². The third kappa shape index (κ3) is 23.1. The van der Waals surface area contributed by atoms with Crippen molar-refractivity contribution in [2.45, 2.75) is 43.6 Å². The standard InChI is InChI=1S/C8H5Cl3O2.C8H7NO4.C7H2Cl4O2.C7H4ClNO4.4CH4/c1-4(12)13-8-3-6(10)5(9)2-7(8)11;1-6(10)13-8-4-2-7(3-5-8)9(11)12;8-3-1-5(10)6(2-4(3)9)13-7(11)12;8-7(10)13-6-3-1-5(2-4-6)9(11)12;;;;/h2-3H,1H3;2-5H,1H3;1-2H;1-4H;4*1H4. The van der Waals surface area contributed by atoms with Crippen molar-refractivity contribution in [1.29, 1.82) is 0 Å². The fraction of sp³-hybridized carbons (Fsp3) is 0.176. The quantitative estimate of drug-likeness (QED) is 0.0444. The predicted molar refractivity (Wildman–Crippen MR) is 222 cm³/mol. The highest BCUT2D eigenvalue weighted by Gasteiger charge is 2.11. The van der Waals surface area contributed by atoms with Gasteiger partial charge >= 0.3 is 22.8 Å². The minimum absolute atomic E-state index is 0. The summed E-state index contributed by atoms with van der Waals surface area (Å²) in [4.78, 5) is 61.1. The summed E-state index contributed by atoms with van der Waals surface area (Å²) in [5, 5.41) is 22.0. The average Bonchev–Trinajstić information content (AvgIpc) is 3.03. The summed E-state index contributed by atoms with van der Waals surface area (Å²) in [5.41, 5.74) is -2.07. The lowest BCUT2D eigenvalue weighted by atomic mass is 10.3. The molecule has 0 fully saturated rings. The first-order valence-electron chi connectivity index (χ1n) is 13.1. The fourth-order valence-corrected chi connectivity index (χ4v) is 4.26. The Balaban J connectivity index is -0.000000314. The number of carbonyl (C=O) groups is 4. The van der Waals surface area contributed by atoms with E-state index in [9.17, 15) is 39.4 Å².